The minimum absolute atomic E-state index is 0.231. The minimum Gasteiger partial charge on any atom is -0.307 e. The van der Waals surface area contributed by atoms with Crippen LogP contribution < -0.4 is 5.32 Å². The van der Waals surface area contributed by atoms with Crippen molar-refractivity contribution in [1.29, 1.82) is 0 Å². The number of rotatable bonds is 13. The van der Waals surface area contributed by atoms with Crippen LogP contribution in [-0.4, -0.2) is 26.8 Å². The zero-order chi connectivity index (χ0) is 15.3. The van der Waals surface area contributed by atoms with E-state index in [1.807, 2.05) is 4.68 Å². The zero-order valence-corrected chi connectivity index (χ0v) is 14.1. The van der Waals surface area contributed by atoms with Crippen molar-refractivity contribution in [2.75, 3.05) is 6.54 Å². The molecule has 0 aliphatic carbocycles. The molecule has 5 nitrogen and oxygen atoms in total. The van der Waals surface area contributed by atoms with E-state index in [1.165, 1.54) is 51.4 Å². The van der Waals surface area contributed by atoms with Crippen molar-refractivity contribution in [1.82, 2.24) is 25.5 Å². The van der Waals surface area contributed by atoms with Gasteiger partial charge in [0.15, 0.2) is 5.82 Å². The summed E-state index contributed by atoms with van der Waals surface area (Å²) in [7, 11) is 0. The van der Waals surface area contributed by atoms with Crippen LogP contribution in [0.2, 0.25) is 0 Å². The number of nitrogens with zero attached hydrogens (tertiary/aromatic N) is 4. The lowest BCUT2D eigenvalue weighted by Crippen LogP contribution is -2.23. The van der Waals surface area contributed by atoms with Crippen LogP contribution in [0, 0.1) is 0 Å². The smallest absolute Gasteiger partial charge is 0.167 e. The number of tetrazole rings is 1. The molecule has 122 valence electrons. The van der Waals surface area contributed by atoms with Crippen LogP contribution in [0.4, 0.5) is 0 Å². The van der Waals surface area contributed by atoms with E-state index in [4.69, 9.17) is 0 Å². The van der Waals surface area contributed by atoms with Crippen LogP contribution in [0.5, 0.6) is 0 Å². The molecule has 0 bridgehead atoms. The maximum Gasteiger partial charge on any atom is 0.167 e. The van der Waals surface area contributed by atoms with Crippen molar-refractivity contribution >= 4 is 0 Å². The van der Waals surface area contributed by atoms with Crippen molar-refractivity contribution < 1.29 is 0 Å². The Balaban J connectivity index is 2.16. The average Bonchev–Trinajstić information content (AvgIpc) is 2.96. The van der Waals surface area contributed by atoms with Crippen molar-refractivity contribution in [2.45, 2.75) is 91.1 Å². The summed E-state index contributed by atoms with van der Waals surface area (Å²) in [6.45, 7) is 8.51. The highest BCUT2D eigenvalue weighted by molar-refractivity contribution is 4.89. The van der Waals surface area contributed by atoms with Gasteiger partial charge in [0.2, 0.25) is 0 Å². The highest BCUT2D eigenvalue weighted by atomic mass is 15.5. The summed E-state index contributed by atoms with van der Waals surface area (Å²) in [4.78, 5) is 0. The van der Waals surface area contributed by atoms with Gasteiger partial charge in [0, 0.05) is 6.54 Å². The molecule has 0 fully saturated rings. The van der Waals surface area contributed by atoms with Crippen molar-refractivity contribution in [2.24, 2.45) is 0 Å². The molecule has 0 aliphatic heterocycles. The summed E-state index contributed by atoms with van der Waals surface area (Å²) in [5.41, 5.74) is 0. The number of aromatic nitrogens is 4. The maximum absolute atomic E-state index is 4.16. The lowest BCUT2D eigenvalue weighted by Gasteiger charge is -2.12. The molecule has 1 unspecified atom stereocenters. The van der Waals surface area contributed by atoms with Gasteiger partial charge in [-0.15, -0.1) is 5.10 Å². The third kappa shape index (κ3) is 7.55. The van der Waals surface area contributed by atoms with Crippen molar-refractivity contribution in [3.05, 3.63) is 5.82 Å². The molecule has 0 saturated heterocycles. The Morgan fingerprint density at radius 1 is 0.952 bits per heavy atom. The largest absolute Gasteiger partial charge is 0.307 e. The van der Waals surface area contributed by atoms with Crippen LogP contribution in [0.3, 0.4) is 0 Å². The molecule has 0 aromatic carbocycles. The van der Waals surface area contributed by atoms with Gasteiger partial charge in [0.1, 0.15) is 0 Å². The zero-order valence-electron chi connectivity index (χ0n) is 14.1. The SMILES string of the molecule is CCCCCCCCCCn1nnnc1C(C)NCCC. The Bertz CT molecular complexity index is 350. The first kappa shape index (κ1) is 18.1. The summed E-state index contributed by atoms with van der Waals surface area (Å²) >= 11 is 0. The van der Waals surface area contributed by atoms with E-state index in [-0.39, 0.29) is 6.04 Å². The second kappa shape index (κ2) is 11.7. The minimum atomic E-state index is 0.231. The van der Waals surface area contributed by atoms with Gasteiger partial charge in [0.05, 0.1) is 6.04 Å². The molecule has 1 aromatic heterocycles. The fourth-order valence-electron chi connectivity index (χ4n) is 2.53. The van der Waals surface area contributed by atoms with E-state index >= 15 is 0 Å². The van der Waals surface area contributed by atoms with E-state index in [2.05, 4.69) is 41.6 Å². The quantitative estimate of drug-likeness (QED) is 0.561. The number of hydrogen-bond acceptors (Lipinski definition) is 4. The van der Waals surface area contributed by atoms with Gasteiger partial charge in [-0.3, -0.25) is 0 Å². The Kier molecular flexibility index (Phi) is 10.0. The van der Waals surface area contributed by atoms with Gasteiger partial charge >= 0.3 is 0 Å². The Morgan fingerprint density at radius 3 is 2.29 bits per heavy atom. The van der Waals surface area contributed by atoms with E-state index in [0.29, 0.717) is 0 Å². The molecule has 1 rings (SSSR count). The van der Waals surface area contributed by atoms with Crippen LogP contribution in [0.1, 0.15) is 90.4 Å². The normalized spacial score (nSPS) is 12.7. The summed E-state index contributed by atoms with van der Waals surface area (Å²) in [5, 5.41) is 15.5. The fourth-order valence-corrected chi connectivity index (χ4v) is 2.53. The molecule has 1 atom stereocenters. The first-order valence-corrected chi connectivity index (χ1v) is 8.79. The van der Waals surface area contributed by atoms with Crippen molar-refractivity contribution in [3.8, 4) is 0 Å². The van der Waals surface area contributed by atoms with Gasteiger partial charge < -0.3 is 5.32 Å². The summed E-state index contributed by atoms with van der Waals surface area (Å²) in [5.74, 6) is 0.964. The predicted molar refractivity (Wildman–Crippen MR) is 87.1 cm³/mol. The van der Waals surface area contributed by atoms with Crippen LogP contribution in [-0.2, 0) is 6.54 Å². The molecule has 1 heterocycles. The topological polar surface area (TPSA) is 55.6 Å². The Morgan fingerprint density at radius 2 is 1.62 bits per heavy atom. The monoisotopic (exact) mass is 295 g/mol. The molecule has 0 saturated carbocycles. The van der Waals surface area contributed by atoms with E-state index in [9.17, 15) is 0 Å². The van der Waals surface area contributed by atoms with Gasteiger partial charge in [-0.1, -0.05) is 58.8 Å². The second-order valence-electron chi connectivity index (χ2n) is 5.91. The highest BCUT2D eigenvalue weighted by Gasteiger charge is 2.12. The van der Waals surface area contributed by atoms with E-state index in [0.717, 1.165) is 25.3 Å². The molecule has 0 aliphatic rings. The summed E-state index contributed by atoms with van der Waals surface area (Å²) in [6.07, 6.45) is 11.8. The Hall–Kier alpha value is -0.970. The van der Waals surface area contributed by atoms with Gasteiger partial charge in [-0.25, -0.2) is 4.68 Å². The molecular formula is C16H33N5. The Labute approximate surface area is 129 Å². The van der Waals surface area contributed by atoms with Crippen molar-refractivity contribution in [3.63, 3.8) is 0 Å². The predicted octanol–water partition coefficient (Wildman–Crippen LogP) is 3.87. The third-order valence-electron chi connectivity index (χ3n) is 3.87. The molecule has 0 spiro atoms. The average molecular weight is 295 g/mol. The molecule has 0 radical (unpaired) electrons. The summed E-state index contributed by atoms with van der Waals surface area (Å²) in [6, 6.07) is 0.231. The maximum atomic E-state index is 4.16. The first-order valence-electron chi connectivity index (χ1n) is 8.79. The van der Waals surface area contributed by atoms with Crippen LogP contribution in [0.15, 0.2) is 0 Å². The number of nitrogens with one attached hydrogen (secondary N) is 1. The first-order chi connectivity index (χ1) is 10.3. The molecule has 1 aromatic rings. The highest BCUT2D eigenvalue weighted by Crippen LogP contribution is 2.11. The van der Waals surface area contributed by atoms with Gasteiger partial charge in [-0.05, 0) is 36.7 Å². The van der Waals surface area contributed by atoms with Gasteiger partial charge in [0.25, 0.3) is 0 Å². The fraction of sp³-hybridized carbons (Fsp3) is 0.938. The molecule has 5 heteroatoms. The molecule has 1 N–H and O–H groups in total. The van der Waals surface area contributed by atoms with Gasteiger partial charge in [-0.2, -0.15) is 0 Å². The number of hydrogen-bond donors (Lipinski definition) is 1. The van der Waals surface area contributed by atoms with Crippen LogP contribution in [0.25, 0.3) is 0 Å². The lowest BCUT2D eigenvalue weighted by atomic mass is 10.1. The molecular weight excluding hydrogens is 262 g/mol. The molecule has 21 heavy (non-hydrogen) atoms. The summed E-state index contributed by atoms with van der Waals surface area (Å²) < 4.78 is 1.96. The van der Waals surface area contributed by atoms with Crippen LogP contribution >= 0.6 is 0 Å². The second-order valence-corrected chi connectivity index (χ2v) is 5.91. The van der Waals surface area contributed by atoms with E-state index in [1.54, 1.807) is 0 Å². The number of aryl methyl sites for hydroxylation is 1. The lowest BCUT2D eigenvalue weighted by molar-refractivity contribution is 0.462. The van der Waals surface area contributed by atoms with E-state index < -0.39 is 0 Å². The number of unbranched alkanes of at least 4 members (excludes halogenated alkanes) is 7. The molecule has 0 amide bonds. The standard InChI is InChI=1S/C16H33N5/c1-4-6-7-8-9-10-11-12-14-21-16(18-19-20-21)15(3)17-13-5-2/h15,17H,4-14H2,1-3H3. The third-order valence-corrected chi connectivity index (χ3v) is 3.87.